The summed E-state index contributed by atoms with van der Waals surface area (Å²) in [6.07, 6.45) is 17.4. The van der Waals surface area contributed by atoms with Gasteiger partial charge in [0.1, 0.15) is 0 Å². The molecule has 0 radical (unpaired) electrons. The molecule has 6 heteroatoms. The van der Waals surface area contributed by atoms with Gasteiger partial charge in [0.15, 0.2) is 0 Å². The third-order valence-electron chi connectivity index (χ3n) is 3.75. The molecule has 0 atom stereocenters. The molecular weight excluding hydrogens is 353 g/mol. The van der Waals surface area contributed by atoms with Crippen LogP contribution in [0.5, 0.6) is 0 Å². The molecule has 0 amide bonds. The largest absolute Gasteiger partial charge is 2.00 e. The van der Waals surface area contributed by atoms with Crippen molar-refractivity contribution in [2.75, 3.05) is 6.61 Å². The van der Waals surface area contributed by atoms with Gasteiger partial charge in [0.05, 0.1) is 14.4 Å². The van der Waals surface area contributed by atoms with Crippen molar-refractivity contribution in [3.63, 3.8) is 0 Å². The summed E-state index contributed by atoms with van der Waals surface area (Å²) in [5, 5.41) is 0. The molecule has 0 aliphatic carbocycles. The van der Waals surface area contributed by atoms with Gasteiger partial charge < -0.3 is 18.9 Å². The zero-order valence-corrected chi connectivity index (χ0v) is 18.3. The SMILES string of the molecule is CCCCCCCCCCCCCCCCOP(=O)([O-])[O-].[Zn+2]. The summed E-state index contributed by atoms with van der Waals surface area (Å²) in [7, 11) is -4.75. The maximum Gasteiger partial charge on any atom is 2.00 e. The predicted octanol–water partition coefficient (Wildman–Crippen LogP) is 4.31. The van der Waals surface area contributed by atoms with Gasteiger partial charge in [-0.05, 0) is 6.42 Å². The Hall–Kier alpha value is 0.733. The molecule has 0 saturated heterocycles. The van der Waals surface area contributed by atoms with E-state index in [1.807, 2.05) is 0 Å². The van der Waals surface area contributed by atoms with Gasteiger partial charge in [0.2, 0.25) is 0 Å². The van der Waals surface area contributed by atoms with E-state index in [2.05, 4.69) is 11.4 Å². The van der Waals surface area contributed by atoms with Gasteiger partial charge in [-0.25, -0.2) is 0 Å². The van der Waals surface area contributed by atoms with Crippen LogP contribution in [0.2, 0.25) is 0 Å². The van der Waals surface area contributed by atoms with E-state index in [0.717, 1.165) is 12.8 Å². The molecule has 0 aromatic rings. The summed E-state index contributed by atoms with van der Waals surface area (Å²) in [5.74, 6) is 0. The molecule has 0 heterocycles. The zero-order valence-electron chi connectivity index (χ0n) is 14.4. The predicted molar refractivity (Wildman–Crippen MR) is 83.9 cm³/mol. The standard InChI is InChI=1S/C16H35O4P.Zn/c1-2-3-4-5-6-7-8-9-10-11-12-13-14-15-16-20-21(17,18)19;/h2-16H2,1H3,(H2,17,18,19);/q;+2/p-2. The minimum atomic E-state index is -4.75. The molecule has 0 rings (SSSR count). The second-order valence-corrected chi connectivity index (χ2v) is 7.03. The monoisotopic (exact) mass is 384 g/mol. The van der Waals surface area contributed by atoms with Gasteiger partial charge in [-0.2, -0.15) is 0 Å². The van der Waals surface area contributed by atoms with Crippen molar-refractivity contribution in [2.24, 2.45) is 0 Å². The molecule has 0 saturated carbocycles. The summed E-state index contributed by atoms with van der Waals surface area (Å²) in [6, 6.07) is 0. The third-order valence-corrected chi connectivity index (χ3v) is 4.25. The van der Waals surface area contributed by atoms with Gasteiger partial charge in [-0.15, -0.1) is 0 Å². The van der Waals surface area contributed by atoms with E-state index in [0.29, 0.717) is 6.42 Å². The first-order valence-corrected chi connectivity index (χ1v) is 10.2. The molecule has 4 nitrogen and oxygen atoms in total. The van der Waals surface area contributed by atoms with Crippen LogP contribution in [-0.4, -0.2) is 6.61 Å². The molecule has 22 heavy (non-hydrogen) atoms. The summed E-state index contributed by atoms with van der Waals surface area (Å²) in [5.41, 5.74) is 0. The average molecular weight is 386 g/mol. The zero-order chi connectivity index (χ0) is 15.8. The van der Waals surface area contributed by atoms with Crippen LogP contribution >= 0.6 is 7.82 Å². The molecule has 0 fully saturated rings. The molecule has 0 aliphatic heterocycles. The van der Waals surface area contributed by atoms with Gasteiger partial charge >= 0.3 is 19.5 Å². The summed E-state index contributed by atoms with van der Waals surface area (Å²) in [4.78, 5) is 20.4. The molecule has 0 unspecified atom stereocenters. The van der Waals surface area contributed by atoms with Crippen LogP contribution in [0, 0.1) is 0 Å². The number of rotatable bonds is 16. The van der Waals surface area contributed by atoms with Gasteiger partial charge in [0, 0.05) is 0 Å². The quantitative estimate of drug-likeness (QED) is 0.225. The van der Waals surface area contributed by atoms with E-state index in [9.17, 15) is 14.4 Å². The van der Waals surface area contributed by atoms with Crippen LogP contribution in [-0.2, 0) is 28.6 Å². The van der Waals surface area contributed by atoms with E-state index in [1.54, 1.807) is 0 Å². The van der Waals surface area contributed by atoms with Gasteiger partial charge in [-0.1, -0.05) is 90.4 Å². The van der Waals surface area contributed by atoms with E-state index in [-0.39, 0.29) is 26.1 Å². The first kappa shape index (κ1) is 25.0. The minimum Gasteiger partial charge on any atom is -0.790 e. The Morgan fingerprint density at radius 1 is 0.682 bits per heavy atom. The Bertz CT molecular complexity index is 259. The maximum atomic E-state index is 10.2. The van der Waals surface area contributed by atoms with Gasteiger partial charge in [-0.3, -0.25) is 0 Å². The Balaban J connectivity index is 0. The second-order valence-electron chi connectivity index (χ2n) is 5.88. The number of hydrogen-bond donors (Lipinski definition) is 0. The summed E-state index contributed by atoms with van der Waals surface area (Å²) in [6.45, 7) is 2.29. The van der Waals surface area contributed by atoms with Crippen LogP contribution in [0.15, 0.2) is 0 Å². The van der Waals surface area contributed by atoms with Crippen molar-refractivity contribution >= 4 is 7.82 Å². The molecule has 0 aromatic carbocycles. The van der Waals surface area contributed by atoms with Crippen LogP contribution < -0.4 is 9.79 Å². The minimum absolute atomic E-state index is 0. The fourth-order valence-electron chi connectivity index (χ4n) is 2.47. The van der Waals surface area contributed by atoms with Crippen molar-refractivity contribution < 1.29 is 38.4 Å². The second kappa shape index (κ2) is 18.1. The Morgan fingerprint density at radius 3 is 1.32 bits per heavy atom. The molecule has 128 valence electrons. The van der Waals surface area contributed by atoms with Crippen molar-refractivity contribution in [3.8, 4) is 0 Å². The first-order valence-electron chi connectivity index (χ1n) is 8.73. The summed E-state index contributed by atoms with van der Waals surface area (Å²) >= 11 is 0. The molecular formula is C16H33O4PZn. The fourth-order valence-corrected chi connectivity index (χ4v) is 2.83. The van der Waals surface area contributed by atoms with E-state index >= 15 is 0 Å². The number of unbranched alkanes of at least 4 members (excludes halogenated alkanes) is 13. The molecule has 0 spiro atoms. The van der Waals surface area contributed by atoms with Crippen LogP contribution in [0.3, 0.4) is 0 Å². The Morgan fingerprint density at radius 2 is 1.00 bits per heavy atom. The van der Waals surface area contributed by atoms with E-state index < -0.39 is 7.82 Å². The number of phosphoric ester groups is 1. The number of phosphoric acid groups is 1. The topological polar surface area (TPSA) is 72.4 Å². The molecule has 0 N–H and O–H groups in total. The van der Waals surface area contributed by atoms with Crippen molar-refractivity contribution in [1.82, 2.24) is 0 Å². The Labute approximate surface area is 149 Å². The van der Waals surface area contributed by atoms with Crippen LogP contribution in [0.25, 0.3) is 0 Å². The van der Waals surface area contributed by atoms with Crippen LogP contribution in [0.1, 0.15) is 96.8 Å². The van der Waals surface area contributed by atoms with E-state index in [4.69, 9.17) is 0 Å². The van der Waals surface area contributed by atoms with Gasteiger partial charge in [0.25, 0.3) is 0 Å². The average Bonchev–Trinajstić information content (AvgIpc) is 2.42. The molecule has 0 aromatic heterocycles. The smallest absolute Gasteiger partial charge is 0.790 e. The normalized spacial score (nSPS) is 11.4. The Kier molecular flexibility index (Phi) is 20.5. The summed E-state index contributed by atoms with van der Waals surface area (Å²) < 4.78 is 14.4. The number of hydrogen-bond acceptors (Lipinski definition) is 4. The van der Waals surface area contributed by atoms with Crippen molar-refractivity contribution in [2.45, 2.75) is 96.8 Å². The van der Waals surface area contributed by atoms with E-state index in [1.165, 1.54) is 70.6 Å². The first-order chi connectivity index (χ1) is 10.1. The van der Waals surface area contributed by atoms with Crippen LogP contribution in [0.4, 0.5) is 0 Å². The fraction of sp³-hybridized carbons (Fsp3) is 1.00. The van der Waals surface area contributed by atoms with Crippen molar-refractivity contribution in [1.29, 1.82) is 0 Å². The maximum absolute atomic E-state index is 10.2. The molecule has 0 bridgehead atoms. The third kappa shape index (κ3) is 23.0. The van der Waals surface area contributed by atoms with Crippen molar-refractivity contribution in [3.05, 3.63) is 0 Å². The molecule has 0 aliphatic rings.